The second-order valence-corrected chi connectivity index (χ2v) is 6.70. The molecule has 0 aliphatic rings. The molecule has 2 aromatic heterocycles. The number of hydrogen-bond acceptors (Lipinski definition) is 5. The molecule has 0 saturated heterocycles. The van der Waals surface area contributed by atoms with Crippen LogP contribution >= 0.6 is 11.6 Å². The van der Waals surface area contributed by atoms with Crippen LogP contribution in [0.15, 0.2) is 70.7 Å². The number of halogens is 1. The highest BCUT2D eigenvalue weighted by Gasteiger charge is 2.11. The summed E-state index contributed by atoms with van der Waals surface area (Å²) < 4.78 is 0. The largest absolute Gasteiger partial charge is 0.291 e. The second-order valence-electron chi connectivity index (χ2n) is 6.26. The Morgan fingerprint density at radius 2 is 1.82 bits per heavy atom. The number of nitrogens with zero attached hydrogens (tertiary/aromatic N) is 3. The molecular weight excluding hydrogens is 374 g/mol. The van der Waals surface area contributed by atoms with Gasteiger partial charge in [-0.25, -0.2) is 10.4 Å². The van der Waals surface area contributed by atoms with Crippen LogP contribution in [0.1, 0.15) is 11.1 Å². The summed E-state index contributed by atoms with van der Waals surface area (Å²) in [4.78, 5) is 24.0. The Hall–Kier alpha value is -3.51. The van der Waals surface area contributed by atoms with Crippen LogP contribution in [0.2, 0.25) is 5.02 Å². The van der Waals surface area contributed by atoms with E-state index < -0.39 is 0 Å². The maximum Gasteiger partial charge on any atom is 0.262 e. The van der Waals surface area contributed by atoms with Crippen molar-refractivity contribution in [2.24, 2.45) is 5.10 Å². The monoisotopic (exact) mass is 389 g/mol. The third-order valence-electron chi connectivity index (χ3n) is 4.22. The number of nitrogens with one attached hydrogen (secondary N) is 2. The maximum absolute atomic E-state index is 12.7. The molecule has 4 rings (SSSR count). The van der Waals surface area contributed by atoms with E-state index >= 15 is 0 Å². The lowest BCUT2D eigenvalue weighted by Gasteiger charge is -2.07. The summed E-state index contributed by atoms with van der Waals surface area (Å²) in [6.45, 7) is 2.02. The van der Waals surface area contributed by atoms with E-state index in [4.69, 9.17) is 11.6 Å². The van der Waals surface area contributed by atoms with Crippen LogP contribution in [0.25, 0.3) is 22.2 Å². The van der Waals surface area contributed by atoms with Gasteiger partial charge in [-0.2, -0.15) is 10.1 Å². The maximum atomic E-state index is 12.7. The molecular formula is C21H16ClN5O. The van der Waals surface area contributed by atoms with Crippen molar-refractivity contribution in [1.29, 1.82) is 0 Å². The number of rotatable bonds is 4. The lowest BCUT2D eigenvalue weighted by Crippen LogP contribution is -2.13. The molecule has 2 heterocycles. The summed E-state index contributed by atoms with van der Waals surface area (Å²) in [5, 5.41) is 5.18. The van der Waals surface area contributed by atoms with E-state index in [1.54, 1.807) is 30.6 Å². The molecule has 2 N–H and O–H groups in total. The highest BCUT2D eigenvalue weighted by atomic mass is 35.5. The number of hydrazone groups is 1. The molecule has 28 heavy (non-hydrogen) atoms. The Bertz CT molecular complexity index is 1210. The average molecular weight is 390 g/mol. The SMILES string of the molecule is Cc1ccc(/C=N/Nc2nc3nccc(-c4ccc(Cl)cc4)c3c(=O)[nH]2)cc1. The van der Waals surface area contributed by atoms with E-state index in [1.807, 2.05) is 43.3 Å². The van der Waals surface area contributed by atoms with E-state index in [0.717, 1.165) is 16.7 Å². The standard InChI is InChI=1S/C21H16ClN5O/c1-13-2-4-14(5-3-13)12-24-27-21-25-19-18(20(28)26-21)17(10-11-23-19)15-6-8-16(22)9-7-15/h2-12H,1H3,(H2,23,25,26,27,28)/b24-12+. The number of benzene rings is 2. The smallest absolute Gasteiger partial charge is 0.262 e. The van der Waals surface area contributed by atoms with Gasteiger partial charge in [-0.1, -0.05) is 53.6 Å². The number of anilines is 1. The summed E-state index contributed by atoms with van der Waals surface area (Å²) in [5.41, 5.74) is 6.51. The van der Waals surface area contributed by atoms with Gasteiger partial charge in [-0.15, -0.1) is 0 Å². The van der Waals surface area contributed by atoms with Gasteiger partial charge in [0.2, 0.25) is 5.95 Å². The van der Waals surface area contributed by atoms with Gasteiger partial charge < -0.3 is 0 Å². The van der Waals surface area contributed by atoms with E-state index in [2.05, 4.69) is 25.5 Å². The first kappa shape index (κ1) is 17.9. The molecule has 0 aliphatic heterocycles. The van der Waals surface area contributed by atoms with E-state index in [9.17, 15) is 4.79 Å². The van der Waals surface area contributed by atoms with Gasteiger partial charge >= 0.3 is 0 Å². The van der Waals surface area contributed by atoms with Crippen LogP contribution in [0.5, 0.6) is 0 Å². The number of pyridine rings is 1. The van der Waals surface area contributed by atoms with E-state index in [0.29, 0.717) is 16.1 Å². The molecule has 0 spiro atoms. The van der Waals surface area contributed by atoms with E-state index in [1.165, 1.54) is 5.56 Å². The Balaban J connectivity index is 1.66. The molecule has 0 fully saturated rings. The van der Waals surface area contributed by atoms with Crippen molar-refractivity contribution >= 4 is 34.8 Å². The third kappa shape index (κ3) is 3.77. The predicted molar refractivity (Wildman–Crippen MR) is 113 cm³/mol. The zero-order chi connectivity index (χ0) is 19.5. The molecule has 0 aliphatic carbocycles. The number of H-pyrrole nitrogens is 1. The van der Waals surface area contributed by atoms with Crippen LogP contribution in [-0.4, -0.2) is 21.2 Å². The number of aromatic amines is 1. The van der Waals surface area contributed by atoms with Crippen LogP contribution in [-0.2, 0) is 0 Å². The Labute approximate surface area is 165 Å². The minimum Gasteiger partial charge on any atom is -0.291 e. The Kier molecular flexibility index (Phi) is 4.87. The third-order valence-corrected chi connectivity index (χ3v) is 4.48. The molecule has 0 radical (unpaired) electrons. The van der Waals surface area contributed by atoms with E-state index in [-0.39, 0.29) is 11.5 Å². The average Bonchev–Trinajstić information content (AvgIpc) is 2.70. The van der Waals surface area contributed by atoms with Crippen LogP contribution in [0, 0.1) is 6.92 Å². The van der Waals surface area contributed by atoms with Crippen LogP contribution in [0.3, 0.4) is 0 Å². The van der Waals surface area contributed by atoms with Gasteiger partial charge in [-0.3, -0.25) is 9.78 Å². The zero-order valence-corrected chi connectivity index (χ0v) is 15.7. The van der Waals surface area contributed by atoms with Crippen LogP contribution < -0.4 is 11.0 Å². The lowest BCUT2D eigenvalue weighted by atomic mass is 10.0. The molecule has 7 heteroatoms. The lowest BCUT2D eigenvalue weighted by molar-refractivity contribution is 1.10. The summed E-state index contributed by atoms with van der Waals surface area (Å²) in [7, 11) is 0. The first-order valence-electron chi connectivity index (χ1n) is 8.61. The fourth-order valence-corrected chi connectivity index (χ4v) is 2.93. The number of hydrogen-bond donors (Lipinski definition) is 2. The highest BCUT2D eigenvalue weighted by molar-refractivity contribution is 6.30. The van der Waals surface area contributed by atoms with Gasteiger partial charge in [0.1, 0.15) is 0 Å². The molecule has 0 unspecified atom stereocenters. The zero-order valence-electron chi connectivity index (χ0n) is 15.0. The quantitative estimate of drug-likeness (QED) is 0.400. The van der Waals surface area contributed by atoms with Gasteiger partial charge in [0.25, 0.3) is 5.56 Å². The summed E-state index contributed by atoms with van der Waals surface area (Å²) in [6.07, 6.45) is 3.28. The van der Waals surface area contributed by atoms with Crippen molar-refractivity contribution in [2.75, 3.05) is 5.43 Å². The minimum atomic E-state index is -0.295. The molecule has 2 aromatic carbocycles. The number of aromatic nitrogens is 3. The molecule has 0 saturated carbocycles. The summed E-state index contributed by atoms with van der Waals surface area (Å²) in [6, 6.07) is 17.0. The fourth-order valence-electron chi connectivity index (χ4n) is 2.81. The van der Waals surface area contributed by atoms with Crippen molar-refractivity contribution < 1.29 is 0 Å². The fraction of sp³-hybridized carbons (Fsp3) is 0.0476. The van der Waals surface area contributed by atoms with Crippen molar-refractivity contribution in [2.45, 2.75) is 6.92 Å². The van der Waals surface area contributed by atoms with Gasteiger partial charge in [0.05, 0.1) is 11.6 Å². The van der Waals surface area contributed by atoms with Crippen molar-refractivity contribution in [3.05, 3.63) is 87.3 Å². The van der Waals surface area contributed by atoms with Gasteiger partial charge in [-0.05, 0) is 41.8 Å². The first-order valence-corrected chi connectivity index (χ1v) is 8.99. The molecule has 138 valence electrons. The van der Waals surface area contributed by atoms with Crippen LogP contribution in [0.4, 0.5) is 5.95 Å². The number of aryl methyl sites for hydroxylation is 1. The molecule has 0 bridgehead atoms. The van der Waals surface area contributed by atoms with Gasteiger partial charge in [0.15, 0.2) is 5.65 Å². The van der Waals surface area contributed by atoms with Gasteiger partial charge in [0, 0.05) is 11.2 Å². The minimum absolute atomic E-state index is 0.224. The molecule has 0 atom stereocenters. The Morgan fingerprint density at radius 3 is 2.57 bits per heavy atom. The van der Waals surface area contributed by atoms with Crippen molar-refractivity contribution in [3.63, 3.8) is 0 Å². The normalized spacial score (nSPS) is 11.2. The predicted octanol–water partition coefficient (Wildman–Crippen LogP) is 4.39. The molecule has 0 amide bonds. The Morgan fingerprint density at radius 1 is 1.07 bits per heavy atom. The summed E-state index contributed by atoms with van der Waals surface area (Å²) in [5.74, 6) is 0.224. The second kappa shape index (κ2) is 7.62. The molecule has 6 nitrogen and oxygen atoms in total. The summed E-state index contributed by atoms with van der Waals surface area (Å²) >= 11 is 5.96. The molecule has 4 aromatic rings. The first-order chi connectivity index (χ1) is 13.6. The topological polar surface area (TPSA) is 83.0 Å². The van der Waals surface area contributed by atoms with Crippen molar-refractivity contribution in [3.8, 4) is 11.1 Å². The highest BCUT2D eigenvalue weighted by Crippen LogP contribution is 2.25. The van der Waals surface area contributed by atoms with Crippen molar-refractivity contribution in [1.82, 2.24) is 15.0 Å². The number of fused-ring (bicyclic) bond motifs is 1.